The zero-order valence-electron chi connectivity index (χ0n) is 13.1. The van der Waals surface area contributed by atoms with Crippen LogP contribution in [0.5, 0.6) is 0 Å². The second-order valence-electron chi connectivity index (χ2n) is 5.69. The van der Waals surface area contributed by atoms with Crippen LogP contribution >= 0.6 is 15.9 Å². The maximum atomic E-state index is 14.5. The summed E-state index contributed by atoms with van der Waals surface area (Å²) in [4.78, 5) is 41.1. The van der Waals surface area contributed by atoms with Gasteiger partial charge in [-0.15, -0.1) is 0 Å². The predicted octanol–water partition coefficient (Wildman–Crippen LogP) is 1.41. The van der Waals surface area contributed by atoms with E-state index in [2.05, 4.69) is 20.9 Å². The minimum absolute atomic E-state index is 0.00532. The molecule has 0 spiro atoms. The van der Waals surface area contributed by atoms with Gasteiger partial charge in [0.15, 0.2) is 0 Å². The van der Waals surface area contributed by atoms with Gasteiger partial charge in [-0.2, -0.15) is 0 Å². The van der Waals surface area contributed by atoms with Gasteiger partial charge in [0.1, 0.15) is 11.4 Å². The number of pyridine rings is 1. The number of carboxylic acids is 1. The van der Waals surface area contributed by atoms with Crippen molar-refractivity contribution in [3.8, 4) is 0 Å². The molecule has 7 nitrogen and oxygen atoms in total. The predicted molar refractivity (Wildman–Crippen MR) is 94.1 cm³/mol. The van der Waals surface area contributed by atoms with Crippen LogP contribution in [-0.2, 0) is 4.79 Å². The van der Waals surface area contributed by atoms with Crippen molar-refractivity contribution in [2.45, 2.75) is 0 Å². The van der Waals surface area contributed by atoms with Gasteiger partial charge in [-0.05, 0) is 12.1 Å². The third-order valence-corrected chi connectivity index (χ3v) is 4.75. The summed E-state index contributed by atoms with van der Waals surface area (Å²) in [5, 5.41) is 9.23. The number of H-pyrrole nitrogens is 1. The molecule has 1 aromatic carbocycles. The number of alkyl halides is 1. The Bertz CT molecular complexity index is 906. The van der Waals surface area contributed by atoms with E-state index in [0.717, 1.165) is 12.3 Å². The van der Waals surface area contributed by atoms with E-state index in [9.17, 15) is 18.8 Å². The highest BCUT2D eigenvalue weighted by molar-refractivity contribution is 9.09. The normalized spacial score (nSPS) is 14.8. The van der Waals surface area contributed by atoms with Crippen molar-refractivity contribution in [3.63, 3.8) is 0 Å². The number of piperazine rings is 1. The number of amides is 1. The molecule has 0 radical (unpaired) electrons. The van der Waals surface area contributed by atoms with Gasteiger partial charge in [-0.25, -0.2) is 9.18 Å². The summed E-state index contributed by atoms with van der Waals surface area (Å²) >= 11 is 3.13. The molecule has 1 saturated heterocycles. The number of nitrogens with zero attached hydrogens (tertiary/aromatic N) is 2. The minimum Gasteiger partial charge on any atom is -0.477 e. The zero-order valence-corrected chi connectivity index (χ0v) is 14.7. The second kappa shape index (κ2) is 6.83. The number of aromatic carboxylic acids is 1. The number of aromatic amines is 1. The van der Waals surface area contributed by atoms with E-state index in [4.69, 9.17) is 5.11 Å². The summed E-state index contributed by atoms with van der Waals surface area (Å²) < 4.78 is 14.5. The monoisotopic (exact) mass is 411 g/mol. The van der Waals surface area contributed by atoms with Gasteiger partial charge < -0.3 is 19.9 Å². The van der Waals surface area contributed by atoms with Crippen LogP contribution in [0, 0.1) is 5.82 Å². The molecule has 3 rings (SSSR count). The average Bonchev–Trinajstić information content (AvgIpc) is 2.61. The van der Waals surface area contributed by atoms with E-state index >= 15 is 0 Å². The van der Waals surface area contributed by atoms with Gasteiger partial charge in [-0.1, -0.05) is 15.9 Å². The van der Waals surface area contributed by atoms with Gasteiger partial charge in [0.2, 0.25) is 11.3 Å². The molecule has 0 atom stereocenters. The van der Waals surface area contributed by atoms with E-state index in [1.807, 2.05) is 0 Å². The first kappa shape index (κ1) is 17.4. The van der Waals surface area contributed by atoms with Gasteiger partial charge in [0.25, 0.3) is 0 Å². The number of halogens is 2. The number of carboxylic acid groups (broad SMARTS) is 1. The Kier molecular flexibility index (Phi) is 4.76. The third kappa shape index (κ3) is 3.23. The maximum absolute atomic E-state index is 14.5. The number of anilines is 1. The highest BCUT2D eigenvalue weighted by atomic mass is 79.9. The molecule has 0 unspecified atom stereocenters. The molecule has 2 heterocycles. The number of aromatic nitrogens is 1. The van der Waals surface area contributed by atoms with Crippen molar-refractivity contribution < 1.29 is 19.1 Å². The Morgan fingerprint density at radius 2 is 1.92 bits per heavy atom. The number of fused-ring (bicyclic) bond motifs is 1. The molecule has 1 fully saturated rings. The number of hydrogen-bond donors (Lipinski definition) is 2. The van der Waals surface area contributed by atoms with E-state index in [0.29, 0.717) is 37.4 Å². The lowest BCUT2D eigenvalue weighted by Crippen LogP contribution is -2.49. The van der Waals surface area contributed by atoms with Gasteiger partial charge in [0.05, 0.1) is 16.5 Å². The standard InChI is InChI=1S/C16H15BrFN3O4/c17-7-14(22)21-3-1-20(2-4-21)13-6-12-9(5-11(13)18)15(23)10(8-19-12)16(24)25/h5-6,8H,1-4,7H2,(H,19,23)(H,24,25). The maximum Gasteiger partial charge on any atom is 0.341 e. The fourth-order valence-corrected chi connectivity index (χ4v) is 3.27. The third-order valence-electron chi connectivity index (χ3n) is 4.27. The molecule has 1 aliphatic rings. The van der Waals surface area contributed by atoms with Crippen LogP contribution in [0.1, 0.15) is 10.4 Å². The summed E-state index contributed by atoms with van der Waals surface area (Å²) in [6.45, 7) is 1.91. The van der Waals surface area contributed by atoms with E-state index in [1.54, 1.807) is 9.80 Å². The first-order chi connectivity index (χ1) is 11.9. The number of carbonyl (C=O) groups is 2. The zero-order chi connectivity index (χ0) is 18.1. The number of carbonyl (C=O) groups excluding carboxylic acids is 1. The van der Waals surface area contributed by atoms with Crippen molar-refractivity contribution in [1.82, 2.24) is 9.88 Å². The number of hydrogen-bond acceptors (Lipinski definition) is 4. The van der Waals surface area contributed by atoms with Crippen LogP contribution in [0.4, 0.5) is 10.1 Å². The van der Waals surface area contributed by atoms with Crippen molar-refractivity contribution in [2.75, 3.05) is 36.4 Å². The fourth-order valence-electron chi connectivity index (χ4n) is 2.91. The molecule has 0 saturated carbocycles. The number of nitrogens with one attached hydrogen (secondary N) is 1. The molecule has 9 heteroatoms. The summed E-state index contributed by atoms with van der Waals surface area (Å²) in [5.74, 6) is -1.97. The topological polar surface area (TPSA) is 93.7 Å². The molecule has 1 amide bonds. The molecule has 0 aliphatic carbocycles. The lowest BCUT2D eigenvalue weighted by molar-refractivity contribution is -0.128. The van der Waals surface area contributed by atoms with Crippen LogP contribution in [0.25, 0.3) is 10.9 Å². The van der Waals surface area contributed by atoms with Crippen LogP contribution in [-0.4, -0.2) is 58.4 Å². The lowest BCUT2D eigenvalue weighted by atomic mass is 10.1. The highest BCUT2D eigenvalue weighted by Crippen LogP contribution is 2.25. The number of benzene rings is 1. The fraction of sp³-hybridized carbons (Fsp3) is 0.312. The molecular weight excluding hydrogens is 397 g/mol. The Hall–Kier alpha value is -2.42. The van der Waals surface area contributed by atoms with E-state index in [1.165, 1.54) is 6.07 Å². The molecular formula is C16H15BrFN3O4. The van der Waals surface area contributed by atoms with E-state index < -0.39 is 22.8 Å². The first-order valence-corrected chi connectivity index (χ1v) is 8.71. The van der Waals surface area contributed by atoms with Crippen molar-refractivity contribution in [1.29, 1.82) is 0 Å². The summed E-state index contributed by atoms with van der Waals surface area (Å²) in [6.07, 6.45) is 1.11. The molecule has 1 aromatic heterocycles. The molecule has 0 bridgehead atoms. The minimum atomic E-state index is -1.36. The Morgan fingerprint density at radius 1 is 1.24 bits per heavy atom. The summed E-state index contributed by atoms with van der Waals surface area (Å²) in [7, 11) is 0. The summed E-state index contributed by atoms with van der Waals surface area (Å²) in [6, 6.07) is 2.56. The molecule has 132 valence electrons. The number of rotatable bonds is 3. The van der Waals surface area contributed by atoms with Gasteiger partial charge in [-0.3, -0.25) is 9.59 Å². The quantitative estimate of drug-likeness (QED) is 0.744. The van der Waals surface area contributed by atoms with Crippen LogP contribution in [0.2, 0.25) is 0 Å². The largest absolute Gasteiger partial charge is 0.477 e. The Labute approximate surface area is 150 Å². The van der Waals surface area contributed by atoms with Crippen LogP contribution in [0.3, 0.4) is 0 Å². The van der Waals surface area contributed by atoms with Crippen molar-refractivity contribution in [3.05, 3.63) is 39.9 Å². The highest BCUT2D eigenvalue weighted by Gasteiger charge is 2.23. The average molecular weight is 412 g/mol. The Balaban J connectivity index is 1.92. The van der Waals surface area contributed by atoms with Crippen molar-refractivity contribution >= 4 is 44.4 Å². The lowest BCUT2D eigenvalue weighted by Gasteiger charge is -2.36. The molecule has 25 heavy (non-hydrogen) atoms. The smallest absolute Gasteiger partial charge is 0.341 e. The first-order valence-electron chi connectivity index (χ1n) is 7.59. The SMILES string of the molecule is O=C(O)c1c[nH]c2cc(N3CCN(C(=O)CBr)CC3)c(F)cc2c1=O. The van der Waals surface area contributed by atoms with Gasteiger partial charge in [0, 0.05) is 37.8 Å². The Morgan fingerprint density at radius 3 is 2.52 bits per heavy atom. The van der Waals surface area contributed by atoms with Crippen LogP contribution in [0.15, 0.2) is 23.1 Å². The van der Waals surface area contributed by atoms with Crippen molar-refractivity contribution in [2.24, 2.45) is 0 Å². The molecule has 2 N–H and O–H groups in total. The molecule has 2 aromatic rings. The second-order valence-corrected chi connectivity index (χ2v) is 6.25. The van der Waals surface area contributed by atoms with Crippen LogP contribution < -0.4 is 10.3 Å². The van der Waals surface area contributed by atoms with Gasteiger partial charge >= 0.3 is 5.97 Å². The molecule has 1 aliphatic heterocycles. The summed E-state index contributed by atoms with van der Waals surface area (Å²) in [5.41, 5.74) is -0.469. The van der Waals surface area contributed by atoms with E-state index in [-0.39, 0.29) is 16.6 Å².